The zero-order valence-corrected chi connectivity index (χ0v) is 22.4. The van der Waals surface area contributed by atoms with Crippen LogP contribution in [-0.4, -0.2) is 62.2 Å². The monoisotopic (exact) mass is 494 g/mol. The van der Waals surface area contributed by atoms with E-state index in [9.17, 15) is 4.79 Å². The number of fused-ring (bicyclic) bond motifs is 1. The molecule has 1 fully saturated rings. The van der Waals surface area contributed by atoms with Crippen LogP contribution in [0.4, 0.5) is 0 Å². The number of hydrogen-bond donors (Lipinski definition) is 0. The van der Waals surface area contributed by atoms with Gasteiger partial charge in [0.25, 0.3) is 0 Å². The molecule has 1 spiro atoms. The number of aryl methyl sites for hydroxylation is 1. The molecular formula is C30H42N2O4. The van der Waals surface area contributed by atoms with Gasteiger partial charge in [0.1, 0.15) is 12.4 Å². The summed E-state index contributed by atoms with van der Waals surface area (Å²) in [5.41, 5.74) is 2.10. The molecule has 0 saturated carbocycles. The van der Waals surface area contributed by atoms with Gasteiger partial charge < -0.3 is 19.1 Å². The smallest absolute Gasteiger partial charge is 0.229 e. The molecule has 2 aliphatic heterocycles. The molecule has 0 radical (unpaired) electrons. The number of piperidine rings is 1. The van der Waals surface area contributed by atoms with Gasteiger partial charge in [-0.3, -0.25) is 9.69 Å². The molecular weight excluding hydrogens is 452 g/mol. The lowest BCUT2D eigenvalue weighted by Crippen LogP contribution is -2.53. The van der Waals surface area contributed by atoms with Gasteiger partial charge in [0.15, 0.2) is 11.5 Å². The summed E-state index contributed by atoms with van der Waals surface area (Å²) < 4.78 is 17.3. The van der Waals surface area contributed by atoms with E-state index in [1.165, 1.54) is 5.56 Å². The largest absolute Gasteiger partial charge is 0.493 e. The minimum absolute atomic E-state index is 0.148. The number of amides is 1. The minimum atomic E-state index is -0.294. The van der Waals surface area contributed by atoms with Gasteiger partial charge >= 0.3 is 0 Å². The molecule has 196 valence electrons. The van der Waals surface area contributed by atoms with Gasteiger partial charge in [0, 0.05) is 18.2 Å². The number of methoxy groups -OCH3 is 2. The second-order valence-electron chi connectivity index (χ2n) is 10.5. The van der Waals surface area contributed by atoms with Crippen LogP contribution in [0.15, 0.2) is 42.5 Å². The van der Waals surface area contributed by atoms with E-state index in [1.807, 2.05) is 18.2 Å². The summed E-state index contributed by atoms with van der Waals surface area (Å²) in [7, 11) is 3.37. The van der Waals surface area contributed by atoms with Crippen molar-refractivity contribution in [3.05, 3.63) is 53.6 Å². The van der Waals surface area contributed by atoms with Crippen molar-refractivity contribution in [3.63, 3.8) is 0 Å². The Morgan fingerprint density at radius 1 is 0.944 bits per heavy atom. The lowest BCUT2D eigenvalue weighted by Gasteiger charge is -2.44. The first-order chi connectivity index (χ1) is 17.5. The zero-order valence-electron chi connectivity index (χ0n) is 22.4. The third kappa shape index (κ3) is 5.80. The molecule has 0 unspecified atom stereocenters. The average Bonchev–Trinajstić information content (AvgIpc) is 2.89. The summed E-state index contributed by atoms with van der Waals surface area (Å²) in [5, 5.41) is 0. The fourth-order valence-corrected chi connectivity index (χ4v) is 5.81. The maximum atomic E-state index is 14.1. The molecule has 2 heterocycles. The Morgan fingerprint density at radius 3 is 2.44 bits per heavy atom. The van der Waals surface area contributed by atoms with Crippen molar-refractivity contribution in [2.24, 2.45) is 5.41 Å². The second kappa shape index (κ2) is 12.0. The Morgan fingerprint density at radius 2 is 1.72 bits per heavy atom. The highest BCUT2D eigenvalue weighted by atomic mass is 16.5. The predicted molar refractivity (Wildman–Crippen MR) is 143 cm³/mol. The molecule has 1 saturated heterocycles. The molecule has 4 rings (SSSR count). The van der Waals surface area contributed by atoms with Crippen molar-refractivity contribution >= 4 is 5.91 Å². The molecule has 6 heteroatoms. The van der Waals surface area contributed by atoms with Gasteiger partial charge in [0.2, 0.25) is 5.91 Å². The maximum absolute atomic E-state index is 14.1. The number of benzene rings is 2. The van der Waals surface area contributed by atoms with Crippen LogP contribution in [0.25, 0.3) is 0 Å². The number of ether oxygens (including phenoxy) is 3. The molecule has 6 nitrogen and oxygen atoms in total. The van der Waals surface area contributed by atoms with Crippen LogP contribution in [0.1, 0.15) is 57.1 Å². The summed E-state index contributed by atoms with van der Waals surface area (Å²) in [6, 6.07) is 14.5. The number of hydrogen-bond acceptors (Lipinski definition) is 5. The van der Waals surface area contributed by atoms with Crippen LogP contribution in [0.5, 0.6) is 17.2 Å². The highest BCUT2D eigenvalue weighted by Crippen LogP contribution is 2.41. The molecule has 36 heavy (non-hydrogen) atoms. The first kappa shape index (κ1) is 26.3. The maximum Gasteiger partial charge on any atom is 0.229 e. The van der Waals surface area contributed by atoms with E-state index in [4.69, 9.17) is 14.2 Å². The molecule has 2 aliphatic rings. The lowest BCUT2D eigenvalue weighted by molar-refractivity contribution is -0.148. The third-order valence-electron chi connectivity index (χ3n) is 7.94. The predicted octanol–water partition coefficient (Wildman–Crippen LogP) is 5.33. The van der Waals surface area contributed by atoms with Gasteiger partial charge in [-0.2, -0.15) is 0 Å². The Labute approximate surface area is 216 Å². The number of carbonyl (C=O) groups is 1. The molecule has 0 aliphatic carbocycles. The first-order valence-electron chi connectivity index (χ1n) is 13.4. The van der Waals surface area contributed by atoms with Gasteiger partial charge in [-0.25, -0.2) is 0 Å². The lowest BCUT2D eigenvalue weighted by atomic mass is 9.72. The Bertz CT molecular complexity index is 1010. The Balaban J connectivity index is 1.49. The van der Waals surface area contributed by atoms with Gasteiger partial charge in [0.05, 0.1) is 26.2 Å². The number of likely N-dealkylation sites (tertiary alicyclic amines) is 1. The van der Waals surface area contributed by atoms with E-state index in [2.05, 4.69) is 47.9 Å². The van der Waals surface area contributed by atoms with Crippen LogP contribution in [0.3, 0.4) is 0 Å². The third-order valence-corrected chi connectivity index (χ3v) is 7.94. The number of rotatable bonds is 5. The van der Waals surface area contributed by atoms with Crippen LogP contribution in [-0.2, 0) is 17.8 Å². The number of nitrogens with zero attached hydrogens (tertiary/aromatic N) is 2. The quantitative estimate of drug-likeness (QED) is 0.563. The van der Waals surface area contributed by atoms with Gasteiger partial charge in [-0.15, -0.1) is 0 Å². The van der Waals surface area contributed by atoms with Gasteiger partial charge in [-0.1, -0.05) is 36.8 Å². The van der Waals surface area contributed by atoms with Crippen molar-refractivity contribution in [2.75, 3.05) is 40.5 Å². The highest BCUT2D eigenvalue weighted by molar-refractivity contribution is 5.83. The molecule has 0 atom stereocenters. The summed E-state index contributed by atoms with van der Waals surface area (Å²) in [5.74, 6) is 2.83. The van der Waals surface area contributed by atoms with Crippen molar-refractivity contribution in [1.82, 2.24) is 9.80 Å². The van der Waals surface area contributed by atoms with E-state index in [1.54, 1.807) is 14.2 Å². The highest BCUT2D eigenvalue weighted by Gasteiger charge is 2.43. The number of para-hydroxylation sites is 2. The number of carbonyl (C=O) groups excluding carboxylic acids is 1. The molecule has 0 aromatic heterocycles. The van der Waals surface area contributed by atoms with Crippen molar-refractivity contribution in [1.29, 1.82) is 0 Å². The molecule has 2 aromatic rings. The summed E-state index contributed by atoms with van der Waals surface area (Å²) >= 11 is 0. The molecule has 0 bridgehead atoms. The Kier molecular flexibility index (Phi) is 8.78. The SMILES string of the molecule is COc1cccc(CN2CCC3(CCCCc4ccccc4OCCN(C(C)C)C3=O)CC2)c1OC. The standard InChI is InChI=1S/C30H42N2O4/c1-23(2)32-20-21-36-26-13-6-5-10-24(26)11-7-8-15-30(29(32)33)16-18-31(19-17-30)22-25-12-9-14-27(34-3)28(25)35-4/h5-6,9-10,12-14,23H,7-8,11,15-22H2,1-4H3. The molecule has 1 amide bonds. The zero-order chi connectivity index (χ0) is 25.5. The van der Waals surface area contributed by atoms with Crippen LogP contribution in [0.2, 0.25) is 0 Å². The van der Waals surface area contributed by atoms with E-state index in [-0.39, 0.29) is 11.5 Å². The summed E-state index contributed by atoms with van der Waals surface area (Å²) in [6.07, 6.45) is 5.85. The fourth-order valence-electron chi connectivity index (χ4n) is 5.81. The van der Waals surface area contributed by atoms with Crippen LogP contribution < -0.4 is 14.2 Å². The minimum Gasteiger partial charge on any atom is -0.493 e. The normalized spacial score (nSPS) is 19.2. The van der Waals surface area contributed by atoms with Crippen molar-refractivity contribution in [2.45, 2.75) is 65.0 Å². The van der Waals surface area contributed by atoms with Crippen molar-refractivity contribution in [3.8, 4) is 17.2 Å². The summed E-state index contributed by atoms with van der Waals surface area (Å²) in [6.45, 7) is 7.99. The van der Waals surface area contributed by atoms with Crippen LogP contribution in [0, 0.1) is 5.41 Å². The average molecular weight is 495 g/mol. The fraction of sp³-hybridized carbons (Fsp3) is 0.567. The van der Waals surface area contributed by atoms with Crippen LogP contribution >= 0.6 is 0 Å². The van der Waals surface area contributed by atoms with E-state index >= 15 is 0 Å². The van der Waals surface area contributed by atoms with E-state index in [0.29, 0.717) is 19.1 Å². The Hall–Kier alpha value is -2.73. The van der Waals surface area contributed by atoms with Gasteiger partial charge in [-0.05, 0) is 76.7 Å². The first-order valence-corrected chi connectivity index (χ1v) is 13.4. The second-order valence-corrected chi connectivity index (χ2v) is 10.5. The van der Waals surface area contributed by atoms with E-state index < -0.39 is 0 Å². The van der Waals surface area contributed by atoms with E-state index in [0.717, 1.165) is 81.0 Å². The topological polar surface area (TPSA) is 51.2 Å². The molecule has 0 N–H and O–H groups in total. The molecule has 2 aromatic carbocycles. The van der Waals surface area contributed by atoms with Crippen molar-refractivity contribution < 1.29 is 19.0 Å². The summed E-state index contributed by atoms with van der Waals surface area (Å²) in [4.78, 5) is 18.6.